The maximum atomic E-state index is 14.5. The van der Waals surface area contributed by atoms with Crippen molar-refractivity contribution in [3.05, 3.63) is 52.4 Å². The number of hydrogen-bond acceptors (Lipinski definition) is 4. The molecule has 1 unspecified atom stereocenters. The normalized spacial score (nSPS) is 18.5. The van der Waals surface area contributed by atoms with Crippen molar-refractivity contribution in [3.8, 4) is 6.07 Å². The van der Waals surface area contributed by atoms with Gasteiger partial charge in [0, 0.05) is 22.3 Å². The van der Waals surface area contributed by atoms with Gasteiger partial charge >= 0.3 is 0 Å². The van der Waals surface area contributed by atoms with E-state index in [0.717, 1.165) is 0 Å². The van der Waals surface area contributed by atoms with Crippen LogP contribution in [0.1, 0.15) is 18.4 Å². The summed E-state index contributed by atoms with van der Waals surface area (Å²) in [5, 5.41) is 18.8. The Bertz CT molecular complexity index is 888. The van der Waals surface area contributed by atoms with Crippen molar-refractivity contribution in [2.75, 3.05) is 0 Å². The third-order valence-corrected chi connectivity index (χ3v) is 3.85. The summed E-state index contributed by atoms with van der Waals surface area (Å²) in [6, 6.07) is 4.41. The van der Waals surface area contributed by atoms with E-state index in [2.05, 4.69) is 15.5 Å². The lowest BCUT2D eigenvalue weighted by Crippen LogP contribution is -2.31. The van der Waals surface area contributed by atoms with Crippen molar-refractivity contribution < 1.29 is 13.2 Å². The molecule has 0 saturated heterocycles. The van der Waals surface area contributed by atoms with Crippen LogP contribution in [0.5, 0.6) is 0 Å². The number of rotatable bonds is 2. The van der Waals surface area contributed by atoms with Gasteiger partial charge in [-0.1, -0.05) is 0 Å². The zero-order chi connectivity index (χ0) is 16.7. The van der Waals surface area contributed by atoms with E-state index in [1.165, 1.54) is 25.3 Å². The van der Waals surface area contributed by atoms with Crippen molar-refractivity contribution in [1.29, 1.82) is 5.26 Å². The summed E-state index contributed by atoms with van der Waals surface area (Å²) in [5.41, 5.74) is 6.07. The number of nitrogens with two attached hydrogens (primary N) is 1. The molecule has 1 aliphatic rings. The first-order valence-electron chi connectivity index (χ1n) is 6.72. The number of nitrogens with one attached hydrogen (secondary N) is 2. The Morgan fingerprint density at radius 1 is 1.39 bits per heavy atom. The molecule has 1 aliphatic heterocycles. The number of aromatic amines is 1. The number of dihydropyridines is 1. The fourth-order valence-electron chi connectivity index (χ4n) is 2.69. The quantitative estimate of drug-likeness (QED) is 0.793. The number of nitriles is 1. The van der Waals surface area contributed by atoms with E-state index in [9.17, 15) is 18.4 Å². The summed E-state index contributed by atoms with van der Waals surface area (Å²) in [6.07, 6.45) is -1.41. The molecule has 0 radical (unpaired) electrons. The molecule has 0 amide bonds. The molecule has 23 heavy (non-hydrogen) atoms. The monoisotopic (exact) mass is 319 g/mol. The topological polar surface area (TPSA) is 90.5 Å². The number of benzene rings is 1. The molecule has 5 nitrogen and oxygen atoms in total. The van der Waals surface area contributed by atoms with Gasteiger partial charge in [-0.3, -0.25) is 5.10 Å². The Hall–Kier alpha value is -2.95. The fraction of sp³-hybridized carbons (Fsp3) is 0.200. The van der Waals surface area contributed by atoms with Crippen LogP contribution in [0.15, 0.2) is 41.0 Å². The molecule has 0 fully saturated rings. The van der Waals surface area contributed by atoms with Crippen LogP contribution < -0.4 is 11.1 Å². The van der Waals surface area contributed by atoms with Crippen LogP contribution in [0.4, 0.5) is 13.2 Å². The maximum absolute atomic E-state index is 14.5. The minimum atomic E-state index is -2.89. The lowest BCUT2D eigenvalue weighted by molar-refractivity contribution is 0.179. The van der Waals surface area contributed by atoms with Gasteiger partial charge in [0.25, 0.3) is 6.43 Å². The highest BCUT2D eigenvalue weighted by Gasteiger charge is 2.34. The van der Waals surface area contributed by atoms with E-state index in [1.54, 1.807) is 6.07 Å². The summed E-state index contributed by atoms with van der Waals surface area (Å²) in [5.74, 6) is -1.71. The largest absolute Gasteiger partial charge is 0.400 e. The van der Waals surface area contributed by atoms with Gasteiger partial charge in [-0.15, -0.1) is 0 Å². The zero-order valence-electron chi connectivity index (χ0n) is 12.0. The standard InChI is InChI=1S/C15H12F3N5/c1-6-13(20)12(9(4-19)14(22-6)15(17)18)8-2-7-5-21-23-11(7)3-10(8)16/h2-3,5,12,15,22H,20H2,1H3,(H,21,23). The van der Waals surface area contributed by atoms with Crippen LogP contribution in [0.2, 0.25) is 0 Å². The highest BCUT2D eigenvalue weighted by molar-refractivity contribution is 5.79. The second-order valence-electron chi connectivity index (χ2n) is 5.21. The van der Waals surface area contributed by atoms with Crippen molar-refractivity contribution >= 4 is 10.9 Å². The predicted molar refractivity (Wildman–Crippen MR) is 77.5 cm³/mol. The Labute approximate surface area is 129 Å². The Kier molecular flexibility index (Phi) is 3.48. The first kappa shape index (κ1) is 15.0. The molecule has 1 aromatic carbocycles. The van der Waals surface area contributed by atoms with Gasteiger partial charge in [0.2, 0.25) is 0 Å². The van der Waals surface area contributed by atoms with Crippen molar-refractivity contribution in [3.63, 3.8) is 0 Å². The molecule has 8 heteroatoms. The van der Waals surface area contributed by atoms with E-state index >= 15 is 0 Å². The molecule has 2 heterocycles. The number of H-pyrrole nitrogens is 1. The van der Waals surface area contributed by atoms with E-state index in [1.807, 2.05) is 0 Å². The molecule has 1 aromatic heterocycles. The average Bonchev–Trinajstić information content (AvgIpc) is 2.95. The van der Waals surface area contributed by atoms with Crippen molar-refractivity contribution in [2.24, 2.45) is 5.73 Å². The molecule has 0 aliphatic carbocycles. The number of halogens is 3. The van der Waals surface area contributed by atoms with Crippen LogP contribution in [0, 0.1) is 17.1 Å². The van der Waals surface area contributed by atoms with Crippen molar-refractivity contribution in [1.82, 2.24) is 15.5 Å². The molecule has 0 saturated carbocycles. The minimum absolute atomic E-state index is 0.0620. The zero-order valence-corrected chi connectivity index (χ0v) is 12.0. The van der Waals surface area contributed by atoms with Crippen LogP contribution in [-0.2, 0) is 0 Å². The SMILES string of the molecule is CC1=C(N)C(c2cc3cn[nH]c3cc2F)C(C#N)=C(C(F)F)N1. The van der Waals surface area contributed by atoms with E-state index in [-0.39, 0.29) is 22.5 Å². The fourth-order valence-corrected chi connectivity index (χ4v) is 2.69. The van der Waals surface area contributed by atoms with Gasteiger partial charge in [-0.25, -0.2) is 13.2 Å². The molecular weight excluding hydrogens is 307 g/mol. The van der Waals surface area contributed by atoms with Gasteiger partial charge in [0.05, 0.1) is 35.0 Å². The number of allylic oxidation sites excluding steroid dienone is 3. The Morgan fingerprint density at radius 3 is 2.78 bits per heavy atom. The van der Waals surface area contributed by atoms with E-state index in [4.69, 9.17) is 5.73 Å². The number of fused-ring (bicyclic) bond motifs is 1. The van der Waals surface area contributed by atoms with Gasteiger partial charge in [-0.05, 0) is 19.1 Å². The lowest BCUT2D eigenvalue weighted by atomic mass is 9.84. The first-order valence-corrected chi connectivity index (χ1v) is 6.72. The summed E-state index contributed by atoms with van der Waals surface area (Å²) >= 11 is 0. The number of nitrogens with zero attached hydrogens (tertiary/aromatic N) is 2. The van der Waals surface area contributed by atoms with Crippen LogP contribution in [0.25, 0.3) is 10.9 Å². The molecular formula is C15H12F3N5. The molecule has 3 rings (SSSR count). The second kappa shape index (κ2) is 5.35. The van der Waals surface area contributed by atoms with Gasteiger partial charge < -0.3 is 11.1 Å². The maximum Gasteiger partial charge on any atom is 0.279 e. The van der Waals surface area contributed by atoms with Gasteiger partial charge in [-0.2, -0.15) is 10.4 Å². The third kappa shape index (κ3) is 2.30. The van der Waals surface area contributed by atoms with E-state index < -0.39 is 23.9 Å². The van der Waals surface area contributed by atoms with Gasteiger partial charge in [0.15, 0.2) is 0 Å². The minimum Gasteiger partial charge on any atom is -0.400 e. The first-order chi connectivity index (χ1) is 10.9. The summed E-state index contributed by atoms with van der Waals surface area (Å²) in [4.78, 5) is 0. The summed E-state index contributed by atoms with van der Waals surface area (Å²) in [6.45, 7) is 1.51. The highest BCUT2D eigenvalue weighted by atomic mass is 19.3. The smallest absolute Gasteiger partial charge is 0.279 e. The van der Waals surface area contributed by atoms with Crippen LogP contribution >= 0.6 is 0 Å². The highest BCUT2D eigenvalue weighted by Crippen LogP contribution is 2.38. The van der Waals surface area contributed by atoms with Crippen LogP contribution in [0.3, 0.4) is 0 Å². The number of alkyl halides is 2. The molecule has 4 N–H and O–H groups in total. The number of aromatic nitrogens is 2. The molecule has 0 spiro atoms. The van der Waals surface area contributed by atoms with Crippen LogP contribution in [-0.4, -0.2) is 16.6 Å². The summed E-state index contributed by atoms with van der Waals surface area (Å²) < 4.78 is 40.9. The molecule has 118 valence electrons. The summed E-state index contributed by atoms with van der Waals surface area (Å²) in [7, 11) is 0. The Morgan fingerprint density at radius 2 is 2.13 bits per heavy atom. The Balaban J connectivity index is 2.26. The lowest BCUT2D eigenvalue weighted by Gasteiger charge is -2.28. The van der Waals surface area contributed by atoms with Crippen molar-refractivity contribution in [2.45, 2.75) is 19.3 Å². The molecule has 1 atom stereocenters. The molecule has 2 aromatic rings. The second-order valence-corrected chi connectivity index (χ2v) is 5.21. The predicted octanol–water partition coefficient (Wildman–Crippen LogP) is 2.62. The number of hydrogen-bond donors (Lipinski definition) is 3. The van der Waals surface area contributed by atoms with Gasteiger partial charge in [0.1, 0.15) is 5.82 Å². The van der Waals surface area contributed by atoms with E-state index in [0.29, 0.717) is 10.9 Å². The average molecular weight is 319 g/mol. The third-order valence-electron chi connectivity index (χ3n) is 3.85. The molecule has 0 bridgehead atoms.